The molecule has 0 aliphatic carbocycles. The van der Waals surface area contributed by atoms with Crippen LogP contribution in [0.3, 0.4) is 0 Å². The smallest absolute Gasteiger partial charge is 0.174 e. The molecule has 0 aromatic carbocycles. The average molecular weight is 233 g/mol. The van der Waals surface area contributed by atoms with Crippen molar-refractivity contribution in [2.24, 2.45) is 0 Å². The Kier molecular flexibility index (Phi) is 2.00. The zero-order valence-electron chi connectivity index (χ0n) is 7.95. The lowest BCUT2D eigenvalue weighted by molar-refractivity contribution is 0.852. The minimum Gasteiger partial charge on any atom is -0.259 e. The van der Waals surface area contributed by atoms with Crippen LogP contribution in [0, 0.1) is 0 Å². The van der Waals surface area contributed by atoms with E-state index in [1.165, 1.54) is 6.33 Å². The Bertz CT molecular complexity index is 635. The second kappa shape index (κ2) is 3.49. The van der Waals surface area contributed by atoms with Crippen LogP contribution in [0.4, 0.5) is 0 Å². The number of hydrogen-bond donors (Lipinski definition) is 0. The lowest BCUT2D eigenvalue weighted by Gasteiger charge is -1.99. The van der Waals surface area contributed by atoms with E-state index in [1.54, 1.807) is 29.5 Å². The van der Waals surface area contributed by atoms with E-state index < -0.39 is 0 Å². The number of aromatic nitrogens is 6. The highest BCUT2D eigenvalue weighted by Gasteiger charge is 2.09. The van der Waals surface area contributed by atoms with E-state index >= 15 is 0 Å². The summed E-state index contributed by atoms with van der Waals surface area (Å²) in [6.45, 7) is 0. The van der Waals surface area contributed by atoms with Gasteiger partial charge in [0.15, 0.2) is 11.5 Å². The van der Waals surface area contributed by atoms with Gasteiger partial charge in [-0.05, 0) is 0 Å². The Morgan fingerprint density at radius 2 is 2.00 bits per heavy atom. The molecule has 0 atom stereocenters. The van der Waals surface area contributed by atoms with Gasteiger partial charge in [-0.3, -0.25) is 4.98 Å². The third kappa shape index (κ3) is 1.31. The van der Waals surface area contributed by atoms with Gasteiger partial charge in [-0.25, -0.2) is 15.0 Å². The first kappa shape index (κ1) is 9.17. The lowest BCUT2D eigenvalue weighted by atomic mass is 10.4. The summed E-state index contributed by atoms with van der Waals surface area (Å²) in [5, 5.41) is 5.22. The maximum Gasteiger partial charge on any atom is 0.174 e. The summed E-state index contributed by atoms with van der Waals surface area (Å²) in [5.41, 5.74) is 0.612. The van der Waals surface area contributed by atoms with Gasteiger partial charge in [-0.1, -0.05) is 11.6 Å². The average Bonchev–Trinajstić information content (AvgIpc) is 2.75. The summed E-state index contributed by atoms with van der Waals surface area (Å²) in [4.78, 5) is 16.1. The monoisotopic (exact) mass is 232 g/mol. The summed E-state index contributed by atoms with van der Waals surface area (Å²) < 4.78 is 1.57. The fraction of sp³-hybridized carbons (Fsp3) is 0. The third-order valence-corrected chi connectivity index (χ3v) is 2.38. The molecular formula is C9H5ClN6. The number of rotatable bonds is 1. The Morgan fingerprint density at radius 1 is 1.06 bits per heavy atom. The van der Waals surface area contributed by atoms with Gasteiger partial charge in [0, 0.05) is 12.4 Å². The largest absolute Gasteiger partial charge is 0.259 e. The second-order valence-electron chi connectivity index (χ2n) is 3.02. The summed E-state index contributed by atoms with van der Waals surface area (Å²) in [6.07, 6.45) is 7.77. The molecule has 0 aliphatic heterocycles. The van der Waals surface area contributed by atoms with Gasteiger partial charge < -0.3 is 0 Å². The molecule has 0 spiro atoms. The summed E-state index contributed by atoms with van der Waals surface area (Å²) >= 11 is 5.92. The van der Waals surface area contributed by atoms with Crippen molar-refractivity contribution < 1.29 is 0 Å². The van der Waals surface area contributed by atoms with E-state index in [0.717, 1.165) is 0 Å². The van der Waals surface area contributed by atoms with E-state index in [-0.39, 0.29) is 0 Å². The number of nitrogens with zero attached hydrogens (tertiary/aromatic N) is 6. The molecule has 16 heavy (non-hydrogen) atoms. The van der Waals surface area contributed by atoms with Crippen molar-refractivity contribution in [3.05, 3.63) is 36.3 Å². The van der Waals surface area contributed by atoms with E-state index in [1.807, 2.05) is 0 Å². The van der Waals surface area contributed by atoms with Crippen molar-refractivity contribution in [2.45, 2.75) is 0 Å². The minimum atomic E-state index is 0.375. The molecule has 0 unspecified atom stereocenters. The Hall–Kier alpha value is -2.08. The topological polar surface area (TPSA) is 69.4 Å². The van der Waals surface area contributed by atoms with Crippen molar-refractivity contribution in [1.29, 1.82) is 0 Å². The van der Waals surface area contributed by atoms with Crippen LogP contribution in [0.2, 0.25) is 5.15 Å². The molecule has 0 aliphatic rings. The molecule has 0 saturated carbocycles. The van der Waals surface area contributed by atoms with Crippen molar-refractivity contribution in [3.8, 4) is 5.82 Å². The van der Waals surface area contributed by atoms with Crippen LogP contribution in [0.15, 0.2) is 31.1 Å². The molecule has 3 aromatic rings. The molecule has 78 valence electrons. The van der Waals surface area contributed by atoms with Crippen molar-refractivity contribution in [3.63, 3.8) is 0 Å². The van der Waals surface area contributed by atoms with Crippen LogP contribution in [-0.4, -0.2) is 29.7 Å². The molecule has 3 aromatic heterocycles. The molecule has 0 bridgehead atoms. The molecule has 0 N–H and O–H groups in total. The molecule has 7 heteroatoms. The zero-order chi connectivity index (χ0) is 11.0. The van der Waals surface area contributed by atoms with Crippen LogP contribution in [-0.2, 0) is 0 Å². The Morgan fingerprint density at radius 3 is 2.81 bits per heavy atom. The first-order chi connectivity index (χ1) is 7.86. The first-order valence-corrected chi connectivity index (χ1v) is 4.84. The quantitative estimate of drug-likeness (QED) is 0.591. The normalized spacial score (nSPS) is 10.8. The predicted octanol–water partition coefficient (Wildman–Crippen LogP) is 1.26. The predicted molar refractivity (Wildman–Crippen MR) is 57.3 cm³/mol. The molecule has 6 nitrogen and oxygen atoms in total. The van der Waals surface area contributed by atoms with Gasteiger partial charge in [-0.15, -0.1) is 0 Å². The fourth-order valence-electron chi connectivity index (χ4n) is 1.38. The van der Waals surface area contributed by atoms with E-state index in [0.29, 0.717) is 22.0 Å². The highest BCUT2D eigenvalue weighted by Crippen LogP contribution is 2.19. The van der Waals surface area contributed by atoms with Gasteiger partial charge >= 0.3 is 0 Å². The summed E-state index contributed by atoms with van der Waals surface area (Å²) in [5.74, 6) is 0.590. The van der Waals surface area contributed by atoms with Gasteiger partial charge in [0.05, 0.1) is 17.8 Å². The highest BCUT2D eigenvalue weighted by atomic mass is 35.5. The van der Waals surface area contributed by atoms with Crippen molar-refractivity contribution in [2.75, 3.05) is 0 Å². The van der Waals surface area contributed by atoms with Crippen LogP contribution < -0.4 is 0 Å². The van der Waals surface area contributed by atoms with Crippen molar-refractivity contribution >= 4 is 22.6 Å². The summed E-state index contributed by atoms with van der Waals surface area (Å²) in [6, 6.07) is 0. The van der Waals surface area contributed by atoms with Gasteiger partial charge in [0.25, 0.3) is 0 Å². The lowest BCUT2D eigenvalue weighted by Crippen LogP contribution is -2.00. The maximum absolute atomic E-state index is 5.92. The molecule has 3 heterocycles. The first-order valence-electron chi connectivity index (χ1n) is 4.47. The SMILES string of the molecule is Clc1ncnc2c1cnn2-c1cnccn1. The fourth-order valence-corrected chi connectivity index (χ4v) is 1.56. The van der Waals surface area contributed by atoms with E-state index in [2.05, 4.69) is 25.0 Å². The van der Waals surface area contributed by atoms with Gasteiger partial charge in [0.2, 0.25) is 0 Å². The van der Waals surface area contributed by atoms with Crippen LogP contribution in [0.25, 0.3) is 16.9 Å². The minimum absolute atomic E-state index is 0.375. The van der Waals surface area contributed by atoms with Gasteiger partial charge in [-0.2, -0.15) is 9.78 Å². The van der Waals surface area contributed by atoms with Crippen LogP contribution >= 0.6 is 11.6 Å². The number of halogens is 1. The number of hydrogen-bond acceptors (Lipinski definition) is 5. The molecule has 0 saturated heterocycles. The van der Waals surface area contributed by atoms with Crippen LogP contribution in [0.1, 0.15) is 0 Å². The Balaban J connectivity index is 2.30. The van der Waals surface area contributed by atoms with Crippen molar-refractivity contribution in [1.82, 2.24) is 29.7 Å². The molecule has 0 amide bonds. The highest BCUT2D eigenvalue weighted by molar-refractivity contribution is 6.33. The maximum atomic E-state index is 5.92. The molecular weight excluding hydrogens is 228 g/mol. The number of fused-ring (bicyclic) bond motifs is 1. The second-order valence-corrected chi connectivity index (χ2v) is 3.38. The molecule has 0 fully saturated rings. The van der Waals surface area contributed by atoms with Gasteiger partial charge in [0.1, 0.15) is 11.5 Å². The molecule has 0 radical (unpaired) electrons. The van der Waals surface area contributed by atoms with E-state index in [9.17, 15) is 0 Å². The Labute approximate surface area is 95.0 Å². The van der Waals surface area contributed by atoms with Crippen LogP contribution in [0.5, 0.6) is 0 Å². The standard InChI is InChI=1S/C9H5ClN6/c10-8-6-3-15-16(9(6)14-5-13-8)7-4-11-1-2-12-7/h1-5H. The summed E-state index contributed by atoms with van der Waals surface area (Å²) in [7, 11) is 0. The van der Waals surface area contributed by atoms with E-state index in [4.69, 9.17) is 11.6 Å². The third-order valence-electron chi connectivity index (χ3n) is 2.08. The molecule has 3 rings (SSSR count). The zero-order valence-corrected chi connectivity index (χ0v) is 8.70.